The van der Waals surface area contributed by atoms with Crippen LogP contribution in [-0.2, 0) is 14.6 Å². The average Bonchev–Trinajstić information content (AvgIpc) is 2.31. The molecule has 4 N–H and O–H groups in total. The number of rotatable bonds is 13. The van der Waals surface area contributed by atoms with Crippen LogP contribution in [0.1, 0.15) is 72.1 Å². The van der Waals surface area contributed by atoms with Crippen molar-refractivity contribution in [2.24, 2.45) is 0 Å². The van der Waals surface area contributed by atoms with E-state index in [9.17, 15) is 8.42 Å². The zero-order chi connectivity index (χ0) is 15.5. The van der Waals surface area contributed by atoms with Crippen molar-refractivity contribution in [2.75, 3.05) is 13.2 Å². The van der Waals surface area contributed by atoms with E-state index < -0.39 is 10.4 Å². The first-order valence-electron chi connectivity index (χ1n) is 7.64. The maximum atomic E-state index is 10.4. The van der Waals surface area contributed by atoms with Crippen molar-refractivity contribution in [1.29, 1.82) is 0 Å². The van der Waals surface area contributed by atoms with Gasteiger partial charge >= 0.3 is 10.4 Å². The van der Waals surface area contributed by atoms with Crippen molar-refractivity contribution in [3.8, 4) is 0 Å². The third kappa shape index (κ3) is 17.7. The molecule has 0 bridgehead atoms. The predicted octanol–water partition coefficient (Wildman–Crippen LogP) is 2.49. The van der Waals surface area contributed by atoms with Gasteiger partial charge in [-0.15, -0.1) is 0 Å². The van der Waals surface area contributed by atoms with Gasteiger partial charge in [-0.1, -0.05) is 45.4 Å². The van der Waals surface area contributed by atoms with E-state index in [1.54, 1.807) is 0 Å². The van der Waals surface area contributed by atoms with Crippen molar-refractivity contribution in [3.63, 3.8) is 0 Å². The summed E-state index contributed by atoms with van der Waals surface area (Å²) >= 11 is 0. The highest BCUT2D eigenvalue weighted by Crippen LogP contribution is 2.15. The molecule has 0 saturated heterocycles. The fourth-order valence-electron chi connectivity index (χ4n) is 2.10. The molecular weight excluding hydrogens is 294 g/mol. The van der Waals surface area contributed by atoms with Crippen LogP contribution in [-0.4, -0.2) is 37.1 Å². The molecule has 0 aliphatic carbocycles. The molecular formula is C14H33NO5S. The minimum atomic E-state index is -4.29. The summed E-state index contributed by atoms with van der Waals surface area (Å²) in [4.78, 5) is 0. The highest BCUT2D eigenvalue weighted by atomic mass is 32.3. The Balaban J connectivity index is 0. The molecule has 130 valence electrons. The van der Waals surface area contributed by atoms with Gasteiger partial charge in [-0.2, -0.15) is 8.42 Å². The summed E-state index contributed by atoms with van der Waals surface area (Å²) in [5.41, 5.74) is 0.0584. The minimum Gasteiger partial charge on any atom is -0.412 e. The number of hydrogen-bond acceptors (Lipinski definition) is 4. The molecule has 0 aromatic heterocycles. The van der Waals surface area contributed by atoms with E-state index in [-0.39, 0.29) is 17.6 Å². The third-order valence-corrected chi connectivity index (χ3v) is 3.78. The Labute approximate surface area is 129 Å². The highest BCUT2D eigenvalue weighted by Gasteiger charge is 2.15. The number of nitrogens with one attached hydrogen (secondary N) is 1. The Kier molecular flexibility index (Phi) is 13.6. The molecule has 21 heavy (non-hydrogen) atoms. The van der Waals surface area contributed by atoms with Gasteiger partial charge in [0.25, 0.3) is 0 Å². The van der Waals surface area contributed by atoms with Crippen LogP contribution in [0.4, 0.5) is 0 Å². The lowest BCUT2D eigenvalue weighted by Crippen LogP contribution is -2.40. The lowest BCUT2D eigenvalue weighted by Gasteiger charge is -2.26. The Morgan fingerprint density at radius 1 is 1.05 bits per heavy atom. The van der Waals surface area contributed by atoms with Crippen LogP contribution in [0, 0.1) is 0 Å². The van der Waals surface area contributed by atoms with Gasteiger partial charge in [0.15, 0.2) is 0 Å². The van der Waals surface area contributed by atoms with Gasteiger partial charge in [0.05, 0.1) is 6.61 Å². The zero-order valence-electron chi connectivity index (χ0n) is 13.7. The third-order valence-electron chi connectivity index (χ3n) is 3.31. The number of unbranched alkanes of at least 4 members (excludes halogenated alkanes) is 5. The molecule has 0 saturated carbocycles. The SMILES string of the molecule is CCCCCCCCC(C)(C)NCCCOS(=O)(=O)O.O. The van der Waals surface area contributed by atoms with Crippen molar-refractivity contribution in [1.82, 2.24) is 5.32 Å². The van der Waals surface area contributed by atoms with Crippen molar-refractivity contribution < 1.29 is 22.6 Å². The topological polar surface area (TPSA) is 107 Å². The van der Waals surface area contributed by atoms with E-state index in [1.165, 1.54) is 38.5 Å². The quantitative estimate of drug-likeness (QED) is 0.399. The van der Waals surface area contributed by atoms with E-state index in [2.05, 4.69) is 30.3 Å². The highest BCUT2D eigenvalue weighted by molar-refractivity contribution is 7.80. The zero-order valence-corrected chi connectivity index (χ0v) is 14.5. The average molecular weight is 327 g/mol. The molecule has 0 heterocycles. The summed E-state index contributed by atoms with van der Waals surface area (Å²) in [6.07, 6.45) is 9.40. The standard InChI is InChI=1S/C14H31NO4S.H2O/c1-4-5-6-7-8-9-11-14(2,3)15-12-10-13-19-20(16,17)18;/h15H,4-13H2,1-3H3,(H,16,17,18);1H2. The van der Waals surface area contributed by atoms with Crippen LogP contribution in [0.2, 0.25) is 0 Å². The first-order chi connectivity index (χ1) is 9.27. The fourth-order valence-corrected chi connectivity index (χ4v) is 2.43. The van der Waals surface area contributed by atoms with Gasteiger partial charge in [-0.3, -0.25) is 4.55 Å². The van der Waals surface area contributed by atoms with Crippen LogP contribution in [0.3, 0.4) is 0 Å². The summed E-state index contributed by atoms with van der Waals surface area (Å²) in [6, 6.07) is 0. The summed E-state index contributed by atoms with van der Waals surface area (Å²) in [7, 11) is -4.29. The second kappa shape index (κ2) is 12.3. The van der Waals surface area contributed by atoms with E-state index in [0.29, 0.717) is 13.0 Å². The molecule has 0 unspecified atom stereocenters. The molecule has 0 spiro atoms. The smallest absolute Gasteiger partial charge is 0.397 e. The molecule has 0 amide bonds. The van der Waals surface area contributed by atoms with Crippen molar-refractivity contribution in [3.05, 3.63) is 0 Å². The summed E-state index contributed by atoms with van der Waals surface area (Å²) in [5, 5.41) is 3.39. The van der Waals surface area contributed by atoms with Crippen LogP contribution < -0.4 is 5.32 Å². The molecule has 0 rings (SSSR count). The van der Waals surface area contributed by atoms with E-state index in [1.807, 2.05) is 0 Å². The molecule has 0 aliphatic rings. The predicted molar refractivity (Wildman–Crippen MR) is 85.8 cm³/mol. The second-order valence-corrected chi connectivity index (χ2v) is 7.02. The van der Waals surface area contributed by atoms with Crippen LogP contribution in [0.15, 0.2) is 0 Å². The van der Waals surface area contributed by atoms with Crippen LogP contribution >= 0.6 is 0 Å². The van der Waals surface area contributed by atoms with Gasteiger partial charge in [-0.05, 0) is 33.2 Å². The fraction of sp³-hybridized carbons (Fsp3) is 1.00. The molecule has 7 heteroatoms. The van der Waals surface area contributed by atoms with Crippen molar-refractivity contribution in [2.45, 2.75) is 77.7 Å². The molecule has 0 radical (unpaired) electrons. The molecule has 0 aromatic rings. The lowest BCUT2D eigenvalue weighted by molar-refractivity contribution is 0.255. The second-order valence-electron chi connectivity index (χ2n) is 5.93. The Bertz CT molecular complexity index is 330. The summed E-state index contributed by atoms with van der Waals surface area (Å²) in [5.74, 6) is 0. The molecule has 0 atom stereocenters. The normalized spacial score (nSPS) is 12.2. The van der Waals surface area contributed by atoms with Gasteiger partial charge < -0.3 is 10.8 Å². The minimum absolute atomic E-state index is 0. The largest absolute Gasteiger partial charge is 0.412 e. The lowest BCUT2D eigenvalue weighted by atomic mass is 9.96. The molecule has 0 aromatic carbocycles. The Hall–Kier alpha value is -0.210. The van der Waals surface area contributed by atoms with Gasteiger partial charge in [0.1, 0.15) is 0 Å². The van der Waals surface area contributed by atoms with Crippen LogP contribution in [0.25, 0.3) is 0 Å². The van der Waals surface area contributed by atoms with E-state index in [0.717, 1.165) is 6.42 Å². The van der Waals surface area contributed by atoms with Crippen molar-refractivity contribution >= 4 is 10.4 Å². The van der Waals surface area contributed by atoms with E-state index >= 15 is 0 Å². The first kappa shape index (κ1) is 23.1. The maximum Gasteiger partial charge on any atom is 0.397 e. The van der Waals surface area contributed by atoms with Gasteiger partial charge in [-0.25, -0.2) is 4.18 Å². The first-order valence-corrected chi connectivity index (χ1v) is 9.00. The maximum absolute atomic E-state index is 10.4. The van der Waals surface area contributed by atoms with E-state index in [4.69, 9.17) is 4.55 Å². The molecule has 0 fully saturated rings. The molecule has 6 nitrogen and oxygen atoms in total. The Morgan fingerprint density at radius 2 is 1.62 bits per heavy atom. The Morgan fingerprint density at radius 3 is 2.19 bits per heavy atom. The van der Waals surface area contributed by atoms with Gasteiger partial charge in [0.2, 0.25) is 0 Å². The molecule has 0 aliphatic heterocycles. The summed E-state index contributed by atoms with van der Waals surface area (Å²) in [6.45, 7) is 7.22. The monoisotopic (exact) mass is 327 g/mol. The number of hydrogen-bond donors (Lipinski definition) is 2. The summed E-state index contributed by atoms with van der Waals surface area (Å²) < 4.78 is 33.4. The van der Waals surface area contributed by atoms with Gasteiger partial charge in [0, 0.05) is 5.54 Å². The van der Waals surface area contributed by atoms with Crippen LogP contribution in [0.5, 0.6) is 0 Å².